The number of nitrogens with one attached hydrogen (secondary N) is 1. The minimum absolute atomic E-state index is 0.0351. The first kappa shape index (κ1) is 15.9. The summed E-state index contributed by atoms with van der Waals surface area (Å²) in [5.41, 5.74) is -0.136. The van der Waals surface area contributed by atoms with Crippen LogP contribution in [0.1, 0.15) is 9.67 Å². The maximum absolute atomic E-state index is 11.7. The highest BCUT2D eigenvalue weighted by Gasteiger charge is 2.15. The molecule has 1 N–H and O–H groups in total. The van der Waals surface area contributed by atoms with Crippen LogP contribution in [0.2, 0.25) is 5.02 Å². The molecule has 2 aromatic rings. The van der Waals surface area contributed by atoms with E-state index in [1.807, 2.05) is 0 Å². The number of hydrogen-bond donors (Lipinski definition) is 1. The Hall–Kier alpha value is -2.45. The fraction of sp³-hybridized carbons (Fsp3) is 0.0769. The molecule has 9 heteroatoms. The Bertz CT molecular complexity index is 717. The van der Waals surface area contributed by atoms with Crippen molar-refractivity contribution in [3.63, 3.8) is 0 Å². The second-order valence-electron chi connectivity index (χ2n) is 4.02. The van der Waals surface area contributed by atoms with Gasteiger partial charge >= 0.3 is 5.97 Å². The van der Waals surface area contributed by atoms with E-state index in [2.05, 4.69) is 5.32 Å². The van der Waals surface area contributed by atoms with Crippen molar-refractivity contribution in [3.8, 4) is 0 Å². The molecule has 7 nitrogen and oxygen atoms in total. The lowest BCUT2D eigenvalue weighted by Gasteiger charge is -2.06. The molecule has 0 spiro atoms. The number of amides is 1. The number of nitrogens with zero attached hydrogens (tertiary/aromatic N) is 1. The topological polar surface area (TPSA) is 98.5 Å². The summed E-state index contributed by atoms with van der Waals surface area (Å²) < 4.78 is 4.82. The van der Waals surface area contributed by atoms with Crippen LogP contribution >= 0.6 is 22.9 Å². The summed E-state index contributed by atoms with van der Waals surface area (Å²) in [6.45, 7) is -0.493. The van der Waals surface area contributed by atoms with Gasteiger partial charge < -0.3 is 10.1 Å². The van der Waals surface area contributed by atoms with Gasteiger partial charge in [0.05, 0.1) is 4.92 Å². The van der Waals surface area contributed by atoms with E-state index in [9.17, 15) is 19.7 Å². The first-order valence-corrected chi connectivity index (χ1v) is 7.17. The predicted octanol–water partition coefficient (Wildman–Crippen LogP) is 3.11. The highest BCUT2D eigenvalue weighted by Crippen LogP contribution is 2.27. The summed E-state index contributed by atoms with van der Waals surface area (Å²) in [4.78, 5) is 33.7. The van der Waals surface area contributed by atoms with E-state index < -0.39 is 23.4 Å². The van der Waals surface area contributed by atoms with E-state index in [1.165, 1.54) is 23.5 Å². The van der Waals surface area contributed by atoms with Crippen molar-refractivity contribution in [2.45, 2.75) is 0 Å². The number of hydrogen-bond acceptors (Lipinski definition) is 6. The van der Waals surface area contributed by atoms with Crippen molar-refractivity contribution in [2.24, 2.45) is 0 Å². The van der Waals surface area contributed by atoms with Crippen LogP contribution in [0.3, 0.4) is 0 Å². The van der Waals surface area contributed by atoms with Crippen LogP contribution in [-0.4, -0.2) is 23.4 Å². The quantitative estimate of drug-likeness (QED) is 0.512. The summed E-state index contributed by atoms with van der Waals surface area (Å²) in [6.07, 6.45) is 0. The number of benzene rings is 1. The first-order chi connectivity index (χ1) is 10.5. The third kappa shape index (κ3) is 4.03. The molecule has 1 aromatic heterocycles. The number of carbonyl (C=O) groups is 2. The van der Waals surface area contributed by atoms with Crippen molar-refractivity contribution in [1.29, 1.82) is 0 Å². The molecule has 2 rings (SSSR count). The molecule has 22 heavy (non-hydrogen) atoms. The molecule has 0 aliphatic carbocycles. The Morgan fingerprint density at radius 1 is 1.36 bits per heavy atom. The molecule has 0 unspecified atom stereocenters. The van der Waals surface area contributed by atoms with E-state index >= 15 is 0 Å². The van der Waals surface area contributed by atoms with Gasteiger partial charge in [-0.3, -0.25) is 14.9 Å². The molecule has 0 atom stereocenters. The Labute approximate surface area is 133 Å². The van der Waals surface area contributed by atoms with Gasteiger partial charge in [0.1, 0.15) is 9.90 Å². The number of halogens is 1. The third-order valence-electron chi connectivity index (χ3n) is 2.48. The summed E-state index contributed by atoms with van der Waals surface area (Å²) in [5, 5.41) is 14.8. The number of ether oxygens (including phenoxy) is 1. The Morgan fingerprint density at radius 3 is 2.77 bits per heavy atom. The lowest BCUT2D eigenvalue weighted by molar-refractivity contribution is -0.384. The molecule has 1 aromatic carbocycles. The van der Waals surface area contributed by atoms with Crippen LogP contribution in [0.4, 0.5) is 11.4 Å². The molecule has 1 amide bonds. The average molecular weight is 341 g/mol. The van der Waals surface area contributed by atoms with Crippen molar-refractivity contribution in [2.75, 3.05) is 11.9 Å². The smallest absolute Gasteiger partial charge is 0.348 e. The van der Waals surface area contributed by atoms with E-state index in [0.29, 0.717) is 4.88 Å². The number of rotatable bonds is 5. The Balaban J connectivity index is 1.93. The normalized spacial score (nSPS) is 10.0. The van der Waals surface area contributed by atoms with Gasteiger partial charge in [-0.25, -0.2) is 4.79 Å². The van der Waals surface area contributed by atoms with E-state index in [-0.39, 0.29) is 16.4 Å². The lowest BCUT2D eigenvalue weighted by Crippen LogP contribution is -2.20. The van der Waals surface area contributed by atoms with Gasteiger partial charge in [-0.05, 0) is 23.6 Å². The van der Waals surface area contributed by atoms with Gasteiger partial charge in [0.15, 0.2) is 6.61 Å². The van der Waals surface area contributed by atoms with Gasteiger partial charge in [-0.1, -0.05) is 17.7 Å². The molecule has 0 bridgehead atoms. The number of nitro groups is 1. The van der Waals surface area contributed by atoms with Crippen LogP contribution in [0.25, 0.3) is 0 Å². The molecule has 0 radical (unpaired) electrons. The summed E-state index contributed by atoms with van der Waals surface area (Å²) in [7, 11) is 0. The summed E-state index contributed by atoms with van der Waals surface area (Å²) in [6, 6.07) is 7.10. The van der Waals surface area contributed by atoms with Crippen molar-refractivity contribution >= 4 is 46.2 Å². The molecule has 0 saturated carbocycles. The van der Waals surface area contributed by atoms with E-state index in [1.54, 1.807) is 17.5 Å². The van der Waals surface area contributed by atoms with Crippen LogP contribution in [0.5, 0.6) is 0 Å². The minimum Gasteiger partial charge on any atom is -0.451 e. The number of nitro benzene ring substituents is 1. The molecule has 0 aliphatic rings. The monoisotopic (exact) mass is 340 g/mol. The van der Waals surface area contributed by atoms with Crippen molar-refractivity contribution in [1.82, 2.24) is 0 Å². The SMILES string of the molecule is O=C(COC(=O)c1cccs1)Nc1ccc(Cl)c([N+](=O)[O-])c1. The number of thiophene rings is 1. The molecular formula is C13H9ClN2O5S. The van der Waals surface area contributed by atoms with Crippen molar-refractivity contribution < 1.29 is 19.2 Å². The standard InChI is InChI=1S/C13H9ClN2O5S/c14-9-4-3-8(6-10(9)16(19)20)15-12(17)7-21-13(18)11-2-1-5-22-11/h1-6H,7H2,(H,15,17). The van der Waals surface area contributed by atoms with Gasteiger partial charge in [-0.15, -0.1) is 11.3 Å². The second kappa shape index (κ2) is 7.01. The highest BCUT2D eigenvalue weighted by molar-refractivity contribution is 7.11. The largest absolute Gasteiger partial charge is 0.451 e. The summed E-state index contributed by atoms with van der Waals surface area (Å²) in [5.74, 6) is -1.21. The zero-order valence-corrected chi connectivity index (χ0v) is 12.5. The van der Waals surface area contributed by atoms with Crippen LogP contribution in [0, 0.1) is 10.1 Å². The molecular weight excluding hydrogens is 332 g/mol. The molecule has 1 heterocycles. The van der Waals surface area contributed by atoms with Crippen LogP contribution < -0.4 is 5.32 Å². The first-order valence-electron chi connectivity index (χ1n) is 5.92. The number of esters is 1. The van der Waals surface area contributed by atoms with Crippen LogP contribution in [0.15, 0.2) is 35.7 Å². The van der Waals surface area contributed by atoms with Gasteiger partial charge in [0.2, 0.25) is 0 Å². The third-order valence-corrected chi connectivity index (χ3v) is 3.65. The molecule has 0 saturated heterocycles. The zero-order chi connectivity index (χ0) is 16.1. The number of carbonyl (C=O) groups excluding carboxylic acids is 2. The minimum atomic E-state index is -0.658. The fourth-order valence-electron chi connectivity index (χ4n) is 1.52. The van der Waals surface area contributed by atoms with Crippen LogP contribution in [-0.2, 0) is 9.53 Å². The van der Waals surface area contributed by atoms with Gasteiger partial charge in [-0.2, -0.15) is 0 Å². The second-order valence-corrected chi connectivity index (χ2v) is 5.38. The maximum Gasteiger partial charge on any atom is 0.348 e. The molecule has 114 valence electrons. The lowest BCUT2D eigenvalue weighted by atomic mass is 10.3. The molecule has 0 fully saturated rings. The zero-order valence-electron chi connectivity index (χ0n) is 10.9. The van der Waals surface area contributed by atoms with E-state index in [4.69, 9.17) is 16.3 Å². The Morgan fingerprint density at radius 2 is 2.14 bits per heavy atom. The summed E-state index contributed by atoms with van der Waals surface area (Å²) >= 11 is 6.86. The fourth-order valence-corrected chi connectivity index (χ4v) is 2.33. The van der Waals surface area contributed by atoms with Gasteiger partial charge in [0.25, 0.3) is 11.6 Å². The highest BCUT2D eigenvalue weighted by atomic mass is 35.5. The molecule has 0 aliphatic heterocycles. The number of anilines is 1. The maximum atomic E-state index is 11.7. The van der Waals surface area contributed by atoms with Crippen molar-refractivity contribution in [3.05, 3.63) is 55.7 Å². The van der Waals surface area contributed by atoms with E-state index in [0.717, 1.165) is 6.07 Å². The van der Waals surface area contributed by atoms with Gasteiger partial charge in [0, 0.05) is 11.8 Å². The predicted molar refractivity (Wildman–Crippen MR) is 81.3 cm³/mol. The Kier molecular flexibility index (Phi) is 5.08. The average Bonchev–Trinajstić information content (AvgIpc) is 3.01.